The largest absolute Gasteiger partial charge is 0.494 e. The minimum Gasteiger partial charge on any atom is -0.494 e. The van der Waals surface area contributed by atoms with E-state index >= 15 is 0 Å². The van der Waals surface area contributed by atoms with Gasteiger partial charge in [-0.1, -0.05) is 18.2 Å². The average molecular weight is 408 g/mol. The smallest absolute Gasteiger partial charge is 0.266 e. The zero-order valence-corrected chi connectivity index (χ0v) is 16.4. The monoisotopic (exact) mass is 408 g/mol. The van der Waals surface area contributed by atoms with Crippen LogP contribution in [0.1, 0.15) is 46.6 Å². The molecular weight excluding hydrogens is 384 g/mol. The van der Waals surface area contributed by atoms with E-state index in [-0.39, 0.29) is 31.6 Å². The summed E-state index contributed by atoms with van der Waals surface area (Å²) < 4.78 is 33.6. The van der Waals surface area contributed by atoms with Gasteiger partial charge in [0.05, 0.1) is 24.5 Å². The van der Waals surface area contributed by atoms with Crippen molar-refractivity contribution >= 4 is 15.9 Å². The summed E-state index contributed by atoms with van der Waals surface area (Å²) in [4.78, 5) is 16.3. The third kappa shape index (κ3) is 5.51. The van der Waals surface area contributed by atoms with Gasteiger partial charge in [-0.2, -0.15) is 0 Å². The van der Waals surface area contributed by atoms with Crippen molar-refractivity contribution in [2.45, 2.75) is 31.6 Å². The molecule has 1 amide bonds. The number of sulfonamides is 1. The first-order chi connectivity index (χ1) is 13.4. The fraction of sp³-hybridized carbons (Fsp3) is 0.368. The number of pyridine rings is 1. The highest BCUT2D eigenvalue weighted by molar-refractivity contribution is 7.90. The van der Waals surface area contributed by atoms with Crippen LogP contribution in [0.3, 0.4) is 0 Å². The molecule has 0 fully saturated rings. The Labute approximate surface area is 164 Å². The molecule has 0 bridgehead atoms. The molecule has 1 heterocycles. The molecule has 152 valence electrons. The van der Waals surface area contributed by atoms with Gasteiger partial charge in [0.15, 0.2) is 0 Å². The number of hydrogen-bond acceptors (Lipinski definition) is 7. The van der Waals surface area contributed by atoms with Gasteiger partial charge in [0, 0.05) is 18.4 Å². The van der Waals surface area contributed by atoms with E-state index in [1.807, 2.05) is 0 Å². The second-order valence-electron chi connectivity index (χ2n) is 6.00. The number of aliphatic hydroxyl groups excluding tert-OH is 2. The second kappa shape index (κ2) is 10.2. The second-order valence-corrected chi connectivity index (χ2v) is 7.86. The summed E-state index contributed by atoms with van der Waals surface area (Å²) in [5, 5.41) is 17.1. The Morgan fingerprint density at radius 1 is 1.21 bits per heavy atom. The lowest BCUT2D eigenvalue weighted by Gasteiger charge is -2.21. The van der Waals surface area contributed by atoms with Crippen LogP contribution in [0.2, 0.25) is 0 Å². The Morgan fingerprint density at radius 3 is 2.57 bits per heavy atom. The molecule has 0 radical (unpaired) electrons. The molecular formula is C19H24N2O6S. The van der Waals surface area contributed by atoms with Crippen LogP contribution in [-0.4, -0.2) is 42.7 Å². The molecule has 2 rings (SSSR count). The van der Waals surface area contributed by atoms with Crippen molar-refractivity contribution in [1.82, 2.24) is 9.71 Å². The van der Waals surface area contributed by atoms with Crippen molar-refractivity contribution in [3.05, 3.63) is 59.4 Å². The number of aromatic nitrogens is 1. The van der Waals surface area contributed by atoms with Crippen molar-refractivity contribution in [3.8, 4) is 5.75 Å². The molecule has 9 heteroatoms. The number of para-hydroxylation sites is 1. The van der Waals surface area contributed by atoms with E-state index in [9.17, 15) is 13.2 Å². The predicted octanol–water partition coefficient (Wildman–Crippen LogP) is 1.55. The van der Waals surface area contributed by atoms with Crippen LogP contribution >= 0.6 is 0 Å². The van der Waals surface area contributed by atoms with Crippen LogP contribution < -0.4 is 9.46 Å². The maximum atomic E-state index is 13.0. The molecule has 0 aliphatic heterocycles. The number of nitrogens with zero attached hydrogens (tertiary/aromatic N) is 1. The molecule has 1 atom stereocenters. The summed E-state index contributed by atoms with van der Waals surface area (Å²) in [6, 6.07) is 9.55. The van der Waals surface area contributed by atoms with Crippen molar-refractivity contribution in [1.29, 1.82) is 0 Å². The average Bonchev–Trinajstić information content (AvgIpc) is 2.69. The molecule has 3 N–H and O–H groups in total. The van der Waals surface area contributed by atoms with Gasteiger partial charge < -0.3 is 14.9 Å². The zero-order chi connectivity index (χ0) is 20.6. The number of hydrogen-bond donors (Lipinski definition) is 3. The van der Waals surface area contributed by atoms with Crippen LogP contribution in [0, 0.1) is 0 Å². The SMILES string of the molecule is CCOc1ccccc1C(CCCO)S(=O)(=O)NC(=O)c1ccc(CO)nc1. The summed E-state index contributed by atoms with van der Waals surface area (Å²) in [7, 11) is -4.12. The van der Waals surface area contributed by atoms with E-state index in [0.717, 1.165) is 0 Å². The van der Waals surface area contributed by atoms with Crippen LogP contribution in [0.5, 0.6) is 5.75 Å². The van der Waals surface area contributed by atoms with Crippen LogP contribution in [0.4, 0.5) is 0 Å². The first kappa shape index (κ1) is 21.8. The van der Waals surface area contributed by atoms with Gasteiger partial charge in [0.1, 0.15) is 11.0 Å². The van der Waals surface area contributed by atoms with Gasteiger partial charge >= 0.3 is 0 Å². The Bertz CT molecular complexity index is 884. The van der Waals surface area contributed by atoms with Crippen LogP contribution in [-0.2, 0) is 16.6 Å². The number of ether oxygens (including phenoxy) is 1. The Hall–Kier alpha value is -2.49. The van der Waals surface area contributed by atoms with Crippen LogP contribution in [0.25, 0.3) is 0 Å². The third-order valence-electron chi connectivity index (χ3n) is 4.05. The minimum atomic E-state index is -4.12. The van der Waals surface area contributed by atoms with E-state index in [4.69, 9.17) is 14.9 Å². The molecule has 1 aromatic heterocycles. The summed E-state index contributed by atoms with van der Waals surface area (Å²) in [6.45, 7) is 1.69. The molecule has 8 nitrogen and oxygen atoms in total. The number of rotatable bonds is 10. The lowest BCUT2D eigenvalue weighted by Crippen LogP contribution is -2.35. The topological polar surface area (TPSA) is 126 Å². The van der Waals surface area contributed by atoms with Crippen molar-refractivity contribution in [2.24, 2.45) is 0 Å². The van der Waals surface area contributed by atoms with Crippen molar-refractivity contribution in [3.63, 3.8) is 0 Å². The van der Waals surface area contributed by atoms with Gasteiger partial charge in [0.25, 0.3) is 5.91 Å². The van der Waals surface area contributed by atoms with Gasteiger partial charge in [-0.3, -0.25) is 9.78 Å². The number of carbonyl (C=O) groups is 1. The third-order valence-corrected chi connectivity index (χ3v) is 5.76. The summed E-state index contributed by atoms with van der Waals surface area (Å²) in [5.41, 5.74) is 0.845. The maximum absolute atomic E-state index is 13.0. The lowest BCUT2D eigenvalue weighted by atomic mass is 10.1. The van der Waals surface area contributed by atoms with E-state index in [2.05, 4.69) is 9.71 Å². The van der Waals surface area contributed by atoms with E-state index in [1.54, 1.807) is 31.2 Å². The van der Waals surface area contributed by atoms with Gasteiger partial charge in [0.2, 0.25) is 10.0 Å². The van der Waals surface area contributed by atoms with Crippen molar-refractivity contribution in [2.75, 3.05) is 13.2 Å². The molecule has 0 saturated heterocycles. The van der Waals surface area contributed by atoms with E-state index in [0.29, 0.717) is 23.6 Å². The first-order valence-corrected chi connectivity index (χ1v) is 10.4. The summed E-state index contributed by atoms with van der Waals surface area (Å²) in [5.74, 6) is -0.403. The molecule has 0 saturated carbocycles. The fourth-order valence-corrected chi connectivity index (χ4v) is 4.22. The lowest BCUT2D eigenvalue weighted by molar-refractivity contribution is 0.0980. The number of nitrogens with one attached hydrogen (secondary N) is 1. The number of amides is 1. The summed E-state index contributed by atoms with van der Waals surface area (Å²) >= 11 is 0. The van der Waals surface area contributed by atoms with E-state index < -0.39 is 21.2 Å². The number of benzene rings is 1. The zero-order valence-electron chi connectivity index (χ0n) is 15.5. The van der Waals surface area contributed by atoms with E-state index in [1.165, 1.54) is 18.3 Å². The molecule has 2 aromatic rings. The number of aliphatic hydroxyl groups is 2. The Kier molecular flexibility index (Phi) is 7.91. The Morgan fingerprint density at radius 2 is 1.96 bits per heavy atom. The standard InChI is InChI=1S/C19H24N2O6S/c1-2-27-17-7-4-3-6-16(17)18(8-5-11-22)28(25,26)21-19(24)14-9-10-15(13-23)20-12-14/h3-4,6-7,9-10,12,18,22-23H,2,5,8,11,13H2,1H3,(H,21,24). The highest BCUT2D eigenvalue weighted by atomic mass is 32.2. The van der Waals surface area contributed by atoms with Crippen LogP contribution in [0.15, 0.2) is 42.6 Å². The molecule has 0 aliphatic rings. The molecule has 0 spiro atoms. The van der Waals surface area contributed by atoms with Gasteiger partial charge in [-0.15, -0.1) is 0 Å². The van der Waals surface area contributed by atoms with Gasteiger partial charge in [-0.05, 0) is 38.0 Å². The molecule has 0 aliphatic carbocycles. The molecule has 1 unspecified atom stereocenters. The normalized spacial score (nSPS) is 12.4. The summed E-state index contributed by atoms with van der Waals surface area (Å²) in [6.07, 6.45) is 1.56. The number of carbonyl (C=O) groups excluding carboxylic acids is 1. The highest BCUT2D eigenvalue weighted by Gasteiger charge is 2.31. The minimum absolute atomic E-state index is 0.0553. The first-order valence-electron chi connectivity index (χ1n) is 8.87. The van der Waals surface area contributed by atoms with Gasteiger partial charge in [-0.25, -0.2) is 13.1 Å². The molecule has 1 aromatic carbocycles. The van der Waals surface area contributed by atoms with Crippen molar-refractivity contribution < 1.29 is 28.2 Å². The molecule has 28 heavy (non-hydrogen) atoms. The quantitative estimate of drug-likeness (QED) is 0.544. The highest BCUT2D eigenvalue weighted by Crippen LogP contribution is 2.33. The fourth-order valence-electron chi connectivity index (χ4n) is 2.70. The predicted molar refractivity (Wildman–Crippen MR) is 103 cm³/mol. The Balaban J connectivity index is 2.32. The maximum Gasteiger partial charge on any atom is 0.266 e.